The normalized spacial score (nSPS) is 10.1. The molecule has 7 heteroatoms. The summed E-state index contributed by atoms with van der Waals surface area (Å²) in [6.07, 6.45) is 1.47. The number of nitrogen functional groups attached to an aromatic ring is 1. The fourth-order valence-electron chi connectivity index (χ4n) is 1.51. The first-order valence-electron chi connectivity index (χ1n) is 5.55. The van der Waals surface area contributed by atoms with Crippen molar-refractivity contribution in [3.05, 3.63) is 35.0 Å². The van der Waals surface area contributed by atoms with Crippen LogP contribution in [0.5, 0.6) is 5.75 Å². The van der Waals surface area contributed by atoms with Gasteiger partial charge in [0, 0.05) is 11.8 Å². The van der Waals surface area contributed by atoms with E-state index in [1.807, 2.05) is 25.1 Å². The lowest BCUT2D eigenvalue weighted by Crippen LogP contribution is -2.11. The zero-order valence-electron chi connectivity index (χ0n) is 10.6. The number of methoxy groups -OCH3 is 1. The van der Waals surface area contributed by atoms with Crippen LogP contribution < -0.4 is 21.3 Å². The molecule has 0 atom stereocenters. The number of nitrogens with two attached hydrogens (primary N) is 1. The van der Waals surface area contributed by atoms with Gasteiger partial charge in [0.05, 0.1) is 13.3 Å². The topological polar surface area (TPSA) is 85.1 Å². The van der Waals surface area contributed by atoms with Crippen LogP contribution in [0.4, 0.5) is 17.5 Å². The highest BCUT2D eigenvalue weighted by atomic mass is 35.5. The maximum absolute atomic E-state index is 6.04. The zero-order valence-corrected chi connectivity index (χ0v) is 11.3. The number of benzene rings is 1. The molecular weight excluding hydrogens is 266 g/mol. The fraction of sp³-hybridized carbons (Fsp3) is 0.167. The highest BCUT2D eigenvalue weighted by Crippen LogP contribution is 2.28. The van der Waals surface area contributed by atoms with Crippen molar-refractivity contribution in [1.82, 2.24) is 9.97 Å². The number of hydrogen-bond acceptors (Lipinski definition) is 6. The van der Waals surface area contributed by atoms with E-state index in [4.69, 9.17) is 22.2 Å². The molecule has 0 aliphatic heterocycles. The van der Waals surface area contributed by atoms with Gasteiger partial charge in [-0.2, -0.15) is 4.98 Å². The van der Waals surface area contributed by atoms with Crippen molar-refractivity contribution in [2.75, 3.05) is 17.9 Å². The monoisotopic (exact) mass is 279 g/mol. The molecule has 19 heavy (non-hydrogen) atoms. The smallest absolute Gasteiger partial charge is 0.239 e. The number of aromatic nitrogens is 2. The van der Waals surface area contributed by atoms with Crippen LogP contribution in [0, 0.1) is 6.92 Å². The molecule has 6 nitrogen and oxygen atoms in total. The maximum atomic E-state index is 6.04. The summed E-state index contributed by atoms with van der Waals surface area (Å²) in [4.78, 5) is 8.06. The molecule has 0 aliphatic rings. The van der Waals surface area contributed by atoms with Crippen molar-refractivity contribution in [2.24, 2.45) is 5.84 Å². The summed E-state index contributed by atoms with van der Waals surface area (Å²) in [6.45, 7) is 1.97. The molecule has 0 spiro atoms. The Kier molecular flexibility index (Phi) is 4.03. The molecule has 0 aliphatic carbocycles. The van der Waals surface area contributed by atoms with E-state index >= 15 is 0 Å². The Morgan fingerprint density at radius 2 is 2.16 bits per heavy atom. The van der Waals surface area contributed by atoms with E-state index in [0.29, 0.717) is 10.8 Å². The Bertz CT molecular complexity index is 539. The van der Waals surface area contributed by atoms with E-state index in [1.54, 1.807) is 7.11 Å². The molecule has 4 N–H and O–H groups in total. The lowest BCUT2D eigenvalue weighted by molar-refractivity contribution is 0.415. The number of hydrazine groups is 1. The van der Waals surface area contributed by atoms with Gasteiger partial charge in [0.15, 0.2) is 5.82 Å². The molecule has 1 heterocycles. The summed E-state index contributed by atoms with van der Waals surface area (Å²) < 4.78 is 5.18. The summed E-state index contributed by atoms with van der Waals surface area (Å²) >= 11 is 6.04. The largest absolute Gasteiger partial charge is 0.497 e. The summed E-state index contributed by atoms with van der Waals surface area (Å²) in [5.74, 6) is 6.78. The van der Waals surface area contributed by atoms with E-state index < -0.39 is 0 Å². The standard InChI is InChI=1S/C12H14ClN5O/c1-7-3-4-8(19-2)5-10(7)16-11-9(13)6-15-12(17-11)18-14/h3-6H,14H2,1-2H3,(H2,15,16,17,18). The highest BCUT2D eigenvalue weighted by molar-refractivity contribution is 6.32. The van der Waals surface area contributed by atoms with Crippen molar-refractivity contribution in [3.63, 3.8) is 0 Å². The summed E-state index contributed by atoms with van der Waals surface area (Å²) in [5.41, 5.74) is 4.26. The van der Waals surface area contributed by atoms with Gasteiger partial charge in [-0.1, -0.05) is 17.7 Å². The molecule has 1 aromatic carbocycles. The molecular formula is C12H14ClN5O. The number of ether oxygens (including phenoxy) is 1. The minimum Gasteiger partial charge on any atom is -0.497 e. The second kappa shape index (κ2) is 5.73. The Labute approximate surface area is 115 Å². The van der Waals surface area contributed by atoms with Gasteiger partial charge < -0.3 is 10.1 Å². The van der Waals surface area contributed by atoms with Crippen molar-refractivity contribution >= 4 is 29.1 Å². The molecule has 2 aromatic rings. The van der Waals surface area contributed by atoms with Gasteiger partial charge in [0.1, 0.15) is 10.8 Å². The Morgan fingerprint density at radius 1 is 1.37 bits per heavy atom. The number of hydrogen-bond donors (Lipinski definition) is 3. The summed E-state index contributed by atoms with van der Waals surface area (Å²) in [6, 6.07) is 5.69. The van der Waals surface area contributed by atoms with Crippen LogP contribution in [0.25, 0.3) is 0 Å². The highest BCUT2D eigenvalue weighted by Gasteiger charge is 2.07. The van der Waals surface area contributed by atoms with Crippen LogP contribution in [0.15, 0.2) is 24.4 Å². The van der Waals surface area contributed by atoms with Crippen LogP contribution in [0.2, 0.25) is 5.02 Å². The second-order valence-corrected chi connectivity index (χ2v) is 4.25. The van der Waals surface area contributed by atoms with E-state index in [-0.39, 0.29) is 5.95 Å². The fourth-order valence-corrected chi connectivity index (χ4v) is 1.65. The van der Waals surface area contributed by atoms with Crippen LogP contribution in [-0.4, -0.2) is 17.1 Å². The van der Waals surface area contributed by atoms with Gasteiger partial charge in [0.25, 0.3) is 0 Å². The van der Waals surface area contributed by atoms with E-state index in [0.717, 1.165) is 17.0 Å². The van der Waals surface area contributed by atoms with Gasteiger partial charge in [-0.15, -0.1) is 0 Å². The van der Waals surface area contributed by atoms with Crippen molar-refractivity contribution in [1.29, 1.82) is 0 Å². The molecule has 0 saturated carbocycles. The lowest BCUT2D eigenvalue weighted by Gasteiger charge is -2.12. The Morgan fingerprint density at radius 3 is 2.84 bits per heavy atom. The molecule has 0 radical (unpaired) electrons. The van der Waals surface area contributed by atoms with Crippen LogP contribution >= 0.6 is 11.6 Å². The third-order valence-corrected chi connectivity index (χ3v) is 2.85. The maximum Gasteiger partial charge on any atom is 0.239 e. The molecule has 0 saturated heterocycles. The third kappa shape index (κ3) is 3.04. The molecule has 0 fully saturated rings. The predicted molar refractivity (Wildman–Crippen MR) is 75.9 cm³/mol. The Hall–Kier alpha value is -2.05. The molecule has 0 amide bonds. The van der Waals surface area contributed by atoms with Gasteiger partial charge in [0.2, 0.25) is 5.95 Å². The van der Waals surface area contributed by atoms with Crippen LogP contribution in [0.1, 0.15) is 5.56 Å². The average Bonchev–Trinajstić information content (AvgIpc) is 2.43. The predicted octanol–water partition coefficient (Wildman–Crippen LogP) is 2.48. The van der Waals surface area contributed by atoms with Crippen molar-refractivity contribution in [2.45, 2.75) is 6.92 Å². The van der Waals surface area contributed by atoms with Gasteiger partial charge in [-0.25, -0.2) is 10.8 Å². The quantitative estimate of drug-likeness (QED) is 0.589. The molecule has 1 aromatic heterocycles. The average molecular weight is 280 g/mol. The third-order valence-electron chi connectivity index (χ3n) is 2.57. The Balaban J connectivity index is 2.35. The molecule has 0 unspecified atom stereocenters. The van der Waals surface area contributed by atoms with Crippen LogP contribution in [0.3, 0.4) is 0 Å². The number of rotatable bonds is 4. The first-order valence-corrected chi connectivity index (χ1v) is 5.92. The number of halogens is 1. The number of aryl methyl sites for hydroxylation is 1. The van der Waals surface area contributed by atoms with Crippen LogP contribution in [-0.2, 0) is 0 Å². The second-order valence-electron chi connectivity index (χ2n) is 3.84. The van der Waals surface area contributed by atoms with Gasteiger partial charge in [-0.05, 0) is 18.6 Å². The van der Waals surface area contributed by atoms with E-state index in [2.05, 4.69) is 20.7 Å². The first kappa shape index (κ1) is 13.4. The number of anilines is 3. The number of nitrogens with one attached hydrogen (secondary N) is 2. The summed E-state index contributed by atoms with van der Waals surface area (Å²) in [5, 5.41) is 3.54. The SMILES string of the molecule is COc1ccc(C)c(Nc2nc(NN)ncc2Cl)c1. The molecule has 100 valence electrons. The van der Waals surface area contributed by atoms with Crippen molar-refractivity contribution < 1.29 is 4.74 Å². The van der Waals surface area contributed by atoms with Gasteiger partial charge in [-0.3, -0.25) is 5.43 Å². The summed E-state index contributed by atoms with van der Waals surface area (Å²) in [7, 11) is 1.61. The first-order chi connectivity index (χ1) is 9.13. The lowest BCUT2D eigenvalue weighted by atomic mass is 10.2. The van der Waals surface area contributed by atoms with Crippen molar-refractivity contribution in [3.8, 4) is 5.75 Å². The minimum atomic E-state index is 0.285. The molecule has 2 rings (SSSR count). The van der Waals surface area contributed by atoms with E-state index in [9.17, 15) is 0 Å². The number of nitrogens with zero attached hydrogens (tertiary/aromatic N) is 2. The molecule has 0 bridgehead atoms. The zero-order chi connectivity index (χ0) is 13.8. The minimum absolute atomic E-state index is 0.285. The van der Waals surface area contributed by atoms with E-state index in [1.165, 1.54) is 6.20 Å². The van der Waals surface area contributed by atoms with Gasteiger partial charge >= 0.3 is 0 Å².